The molecule has 0 aliphatic heterocycles. The number of allylic oxidation sites excluding steroid dienone is 2. The van der Waals surface area contributed by atoms with E-state index >= 15 is 4.39 Å². The van der Waals surface area contributed by atoms with Gasteiger partial charge in [-0.25, -0.2) is 4.39 Å². The normalized spacial score (nSPS) is 20.7. The number of aliphatic hydroxyl groups is 1. The van der Waals surface area contributed by atoms with Crippen LogP contribution in [0.4, 0.5) is 4.39 Å². The Morgan fingerprint density at radius 1 is 1.03 bits per heavy atom. The van der Waals surface area contributed by atoms with Gasteiger partial charge < -0.3 is 19.3 Å². The molecule has 152 valence electrons. The topological polar surface area (TPSA) is 47.9 Å². The molecule has 0 bridgehead atoms. The van der Waals surface area contributed by atoms with Crippen LogP contribution in [-0.2, 0) is 15.9 Å². The number of benzene rings is 2. The quantitative estimate of drug-likeness (QED) is 0.788. The lowest BCUT2D eigenvalue weighted by atomic mass is 9.92. The summed E-state index contributed by atoms with van der Waals surface area (Å²) in [6, 6.07) is 8.96. The van der Waals surface area contributed by atoms with Crippen molar-refractivity contribution >= 4 is 5.57 Å². The molecule has 0 saturated carbocycles. The van der Waals surface area contributed by atoms with Gasteiger partial charge in [0.25, 0.3) is 0 Å². The lowest BCUT2D eigenvalue weighted by molar-refractivity contribution is 0.0799. The predicted octanol–water partition coefficient (Wildman–Crippen LogP) is 4.81. The first-order chi connectivity index (χ1) is 14.1. The molecular weight excluding hydrogens is 371 g/mol. The Morgan fingerprint density at radius 3 is 2.52 bits per heavy atom. The maximum absolute atomic E-state index is 15.2. The summed E-state index contributed by atoms with van der Waals surface area (Å²) in [5.74, 6) is 1.10. The van der Waals surface area contributed by atoms with Crippen molar-refractivity contribution in [3.63, 3.8) is 0 Å². The van der Waals surface area contributed by atoms with Crippen LogP contribution >= 0.6 is 0 Å². The fraction of sp³-hybridized carbons (Fsp3) is 0.333. The van der Waals surface area contributed by atoms with Gasteiger partial charge in [-0.2, -0.15) is 0 Å². The first kappa shape index (κ1) is 19.7. The molecule has 0 amide bonds. The Labute approximate surface area is 170 Å². The molecular formula is C24H25FO4. The predicted molar refractivity (Wildman–Crippen MR) is 110 cm³/mol. The van der Waals surface area contributed by atoms with Gasteiger partial charge in [-0.05, 0) is 59.7 Å². The molecule has 1 N–H and O–H groups in total. The average Bonchev–Trinajstić information content (AvgIpc) is 3.14. The van der Waals surface area contributed by atoms with Gasteiger partial charge in [-0.15, -0.1) is 0 Å². The van der Waals surface area contributed by atoms with Gasteiger partial charge in [0, 0.05) is 18.2 Å². The molecule has 5 heteroatoms. The molecule has 4 nitrogen and oxygen atoms in total. The van der Waals surface area contributed by atoms with E-state index in [1.165, 1.54) is 0 Å². The lowest BCUT2D eigenvalue weighted by Gasteiger charge is -2.22. The fourth-order valence-electron chi connectivity index (χ4n) is 4.31. The summed E-state index contributed by atoms with van der Waals surface area (Å²) in [4.78, 5) is 0. The summed E-state index contributed by atoms with van der Waals surface area (Å²) in [5, 5.41) is 10.3. The van der Waals surface area contributed by atoms with Crippen molar-refractivity contribution in [3.8, 4) is 16.9 Å². The van der Waals surface area contributed by atoms with Crippen molar-refractivity contribution in [2.75, 3.05) is 21.3 Å². The van der Waals surface area contributed by atoms with Crippen molar-refractivity contribution in [1.29, 1.82) is 0 Å². The highest BCUT2D eigenvalue weighted by molar-refractivity contribution is 5.79. The van der Waals surface area contributed by atoms with E-state index in [1.807, 2.05) is 24.3 Å². The summed E-state index contributed by atoms with van der Waals surface area (Å²) < 4.78 is 31.4. The highest BCUT2D eigenvalue weighted by atomic mass is 19.1. The van der Waals surface area contributed by atoms with Gasteiger partial charge in [-0.3, -0.25) is 0 Å². The van der Waals surface area contributed by atoms with Crippen molar-refractivity contribution in [1.82, 2.24) is 0 Å². The number of hydrogen-bond donors (Lipinski definition) is 1. The number of hydrogen-bond acceptors (Lipinski definition) is 4. The van der Waals surface area contributed by atoms with Crippen molar-refractivity contribution in [2.45, 2.75) is 31.5 Å². The molecule has 2 aliphatic carbocycles. The van der Waals surface area contributed by atoms with Crippen LogP contribution in [-0.4, -0.2) is 32.5 Å². The average molecular weight is 396 g/mol. The molecule has 2 unspecified atom stereocenters. The summed E-state index contributed by atoms with van der Waals surface area (Å²) in [6.45, 7) is 0. The third-order valence-electron chi connectivity index (χ3n) is 5.82. The number of methoxy groups -OCH3 is 3. The van der Waals surface area contributed by atoms with E-state index in [9.17, 15) is 5.11 Å². The minimum atomic E-state index is -0.569. The molecule has 4 rings (SSSR count). The molecule has 2 aromatic carbocycles. The third kappa shape index (κ3) is 3.45. The SMILES string of the molecule is COC1=CC(c2ccc(-c3ccc(OC)c4c3CCC4O)c(F)c2)=CCC1OC. The maximum Gasteiger partial charge on any atom is 0.131 e. The van der Waals surface area contributed by atoms with E-state index in [1.54, 1.807) is 39.5 Å². The van der Waals surface area contributed by atoms with E-state index in [2.05, 4.69) is 0 Å². The van der Waals surface area contributed by atoms with Crippen molar-refractivity contribution in [2.24, 2.45) is 0 Å². The molecule has 2 aromatic rings. The van der Waals surface area contributed by atoms with Gasteiger partial charge in [0.2, 0.25) is 0 Å². The Bertz CT molecular complexity index is 993. The lowest BCUT2D eigenvalue weighted by Crippen LogP contribution is -2.17. The van der Waals surface area contributed by atoms with Crippen molar-refractivity contribution in [3.05, 3.63) is 70.8 Å². The Balaban J connectivity index is 1.72. The molecule has 0 heterocycles. The van der Waals surface area contributed by atoms with Gasteiger partial charge in [0.05, 0.1) is 20.3 Å². The zero-order valence-electron chi connectivity index (χ0n) is 16.9. The first-order valence-corrected chi connectivity index (χ1v) is 9.74. The zero-order valence-corrected chi connectivity index (χ0v) is 16.9. The monoisotopic (exact) mass is 396 g/mol. The molecule has 2 atom stereocenters. The second-order valence-electron chi connectivity index (χ2n) is 7.33. The molecule has 0 fully saturated rings. The van der Waals surface area contributed by atoms with E-state index in [0.717, 1.165) is 33.6 Å². The second-order valence-corrected chi connectivity index (χ2v) is 7.33. The van der Waals surface area contributed by atoms with Gasteiger partial charge in [0.15, 0.2) is 0 Å². The van der Waals surface area contributed by atoms with Crippen LogP contribution < -0.4 is 4.74 Å². The molecule has 0 spiro atoms. The highest BCUT2D eigenvalue weighted by Crippen LogP contribution is 2.43. The van der Waals surface area contributed by atoms with E-state index in [0.29, 0.717) is 30.6 Å². The molecule has 2 aliphatic rings. The summed E-state index contributed by atoms with van der Waals surface area (Å²) >= 11 is 0. The molecule has 0 aromatic heterocycles. The van der Waals surface area contributed by atoms with Crippen LogP contribution in [0.3, 0.4) is 0 Å². The van der Waals surface area contributed by atoms with Crippen LogP contribution in [0.1, 0.15) is 35.6 Å². The van der Waals surface area contributed by atoms with Crippen LogP contribution in [0, 0.1) is 5.82 Å². The number of rotatable bonds is 5. The molecule has 0 radical (unpaired) electrons. The van der Waals surface area contributed by atoms with E-state index < -0.39 is 6.10 Å². The Morgan fingerprint density at radius 2 is 1.83 bits per heavy atom. The number of ether oxygens (including phenoxy) is 3. The first-order valence-electron chi connectivity index (χ1n) is 9.74. The van der Waals surface area contributed by atoms with E-state index in [-0.39, 0.29) is 11.9 Å². The van der Waals surface area contributed by atoms with Gasteiger partial charge in [0.1, 0.15) is 23.4 Å². The van der Waals surface area contributed by atoms with Crippen LogP contribution in [0.25, 0.3) is 16.7 Å². The van der Waals surface area contributed by atoms with Gasteiger partial charge >= 0.3 is 0 Å². The largest absolute Gasteiger partial charge is 0.498 e. The Kier molecular flexibility index (Phi) is 5.43. The fourth-order valence-corrected chi connectivity index (χ4v) is 4.31. The minimum absolute atomic E-state index is 0.110. The van der Waals surface area contributed by atoms with E-state index in [4.69, 9.17) is 14.2 Å². The summed E-state index contributed by atoms with van der Waals surface area (Å²) in [5.41, 5.74) is 4.79. The smallest absolute Gasteiger partial charge is 0.131 e. The second kappa shape index (κ2) is 8.01. The summed E-state index contributed by atoms with van der Waals surface area (Å²) in [6.07, 6.45) is 5.26. The Hall–Kier alpha value is -2.63. The third-order valence-corrected chi connectivity index (χ3v) is 5.82. The number of halogens is 1. The van der Waals surface area contributed by atoms with Crippen LogP contribution in [0.15, 0.2) is 48.2 Å². The van der Waals surface area contributed by atoms with Crippen LogP contribution in [0.5, 0.6) is 5.75 Å². The molecule has 0 saturated heterocycles. The maximum atomic E-state index is 15.2. The number of fused-ring (bicyclic) bond motifs is 1. The minimum Gasteiger partial charge on any atom is -0.498 e. The number of aliphatic hydroxyl groups excluding tert-OH is 1. The molecule has 29 heavy (non-hydrogen) atoms. The van der Waals surface area contributed by atoms with Crippen LogP contribution in [0.2, 0.25) is 0 Å². The zero-order chi connectivity index (χ0) is 20.5. The standard InChI is InChI=1S/C24H25FO4/c1-27-21-10-5-15(13-23(21)29-3)14-4-6-17(19(25)12-14)16-8-11-22(28-2)24-18(16)7-9-20(24)26/h4-6,8,11-13,20-21,26H,7,9-10H2,1-3H3. The summed E-state index contributed by atoms with van der Waals surface area (Å²) in [7, 11) is 4.85. The van der Waals surface area contributed by atoms with Crippen molar-refractivity contribution < 1.29 is 23.7 Å². The highest BCUT2D eigenvalue weighted by Gasteiger charge is 2.28. The van der Waals surface area contributed by atoms with Gasteiger partial charge in [-0.1, -0.05) is 24.3 Å².